The molecule has 1 amide bonds. The van der Waals surface area contributed by atoms with E-state index in [-0.39, 0.29) is 17.9 Å². The van der Waals surface area contributed by atoms with Crippen molar-refractivity contribution in [2.45, 2.75) is 18.9 Å². The summed E-state index contributed by atoms with van der Waals surface area (Å²) in [7, 11) is 0. The molecule has 3 N–H and O–H groups in total. The number of carbonyl (C=O) groups excluding carboxylic acids is 1. The molecule has 0 saturated carbocycles. The lowest BCUT2D eigenvalue weighted by atomic mass is 9.95. The van der Waals surface area contributed by atoms with Crippen LogP contribution in [-0.2, 0) is 0 Å². The number of likely N-dealkylation sites (tertiary alicyclic amines) is 1. The Morgan fingerprint density at radius 2 is 2.10 bits per heavy atom. The van der Waals surface area contributed by atoms with Crippen molar-refractivity contribution in [3.63, 3.8) is 0 Å². The van der Waals surface area contributed by atoms with E-state index in [1.165, 1.54) is 5.56 Å². The second kappa shape index (κ2) is 5.09. The SMILES string of the molecule is Cc1[nH]ncc1C(=O)N1C[C@@H](N)[C@H](c2ccccc2)C1. The van der Waals surface area contributed by atoms with Gasteiger partial charge in [0.2, 0.25) is 0 Å². The molecule has 1 fully saturated rings. The molecule has 5 heteroatoms. The molecule has 1 saturated heterocycles. The van der Waals surface area contributed by atoms with E-state index >= 15 is 0 Å². The van der Waals surface area contributed by atoms with Gasteiger partial charge in [0.1, 0.15) is 0 Å². The predicted octanol–water partition coefficient (Wildman–Crippen LogP) is 1.29. The van der Waals surface area contributed by atoms with Crippen molar-refractivity contribution in [3.8, 4) is 0 Å². The van der Waals surface area contributed by atoms with Crippen LogP contribution in [0.15, 0.2) is 36.5 Å². The van der Waals surface area contributed by atoms with Gasteiger partial charge in [-0.15, -0.1) is 0 Å². The van der Waals surface area contributed by atoms with Gasteiger partial charge in [-0.2, -0.15) is 5.10 Å². The van der Waals surface area contributed by atoms with E-state index in [0.29, 0.717) is 18.7 Å². The van der Waals surface area contributed by atoms with Gasteiger partial charge in [0.25, 0.3) is 5.91 Å². The lowest BCUT2D eigenvalue weighted by Crippen LogP contribution is -2.32. The highest BCUT2D eigenvalue weighted by Crippen LogP contribution is 2.27. The number of amides is 1. The molecule has 5 nitrogen and oxygen atoms in total. The van der Waals surface area contributed by atoms with Crippen LogP contribution in [0.2, 0.25) is 0 Å². The molecule has 1 aliphatic rings. The fourth-order valence-electron chi connectivity index (χ4n) is 2.78. The molecule has 1 aromatic carbocycles. The molecule has 0 radical (unpaired) electrons. The fraction of sp³-hybridized carbons (Fsp3) is 0.333. The zero-order valence-electron chi connectivity index (χ0n) is 11.4. The summed E-state index contributed by atoms with van der Waals surface area (Å²) in [6.45, 7) is 3.10. The van der Waals surface area contributed by atoms with Gasteiger partial charge >= 0.3 is 0 Å². The van der Waals surface area contributed by atoms with Gasteiger partial charge in [0.15, 0.2) is 0 Å². The second-order valence-corrected chi connectivity index (χ2v) is 5.30. The third-order valence-electron chi connectivity index (χ3n) is 3.94. The third-order valence-corrected chi connectivity index (χ3v) is 3.94. The molecular weight excluding hydrogens is 252 g/mol. The minimum atomic E-state index is -0.0199. The van der Waals surface area contributed by atoms with Crippen LogP contribution < -0.4 is 5.73 Å². The van der Waals surface area contributed by atoms with Crippen molar-refractivity contribution in [1.29, 1.82) is 0 Å². The average molecular weight is 270 g/mol. The zero-order chi connectivity index (χ0) is 14.1. The first-order valence-corrected chi connectivity index (χ1v) is 6.76. The van der Waals surface area contributed by atoms with Crippen LogP contribution in [0.3, 0.4) is 0 Å². The molecule has 2 atom stereocenters. The summed E-state index contributed by atoms with van der Waals surface area (Å²) in [4.78, 5) is 14.3. The maximum Gasteiger partial charge on any atom is 0.257 e. The summed E-state index contributed by atoms with van der Waals surface area (Å²) in [6, 6.07) is 10.1. The van der Waals surface area contributed by atoms with Crippen molar-refractivity contribution >= 4 is 5.91 Å². The molecule has 1 aromatic heterocycles. The normalized spacial score (nSPS) is 22.2. The minimum Gasteiger partial charge on any atom is -0.336 e. The number of rotatable bonds is 2. The van der Waals surface area contributed by atoms with Gasteiger partial charge in [-0.3, -0.25) is 9.89 Å². The smallest absolute Gasteiger partial charge is 0.257 e. The summed E-state index contributed by atoms with van der Waals surface area (Å²) in [6.07, 6.45) is 1.58. The van der Waals surface area contributed by atoms with Crippen LogP contribution in [0.25, 0.3) is 0 Å². The fourth-order valence-corrected chi connectivity index (χ4v) is 2.78. The lowest BCUT2D eigenvalue weighted by molar-refractivity contribution is 0.0788. The number of benzene rings is 1. The molecule has 0 bridgehead atoms. The van der Waals surface area contributed by atoms with E-state index in [2.05, 4.69) is 22.3 Å². The van der Waals surface area contributed by atoms with Gasteiger partial charge in [-0.05, 0) is 12.5 Å². The Morgan fingerprint density at radius 1 is 1.35 bits per heavy atom. The minimum absolute atomic E-state index is 0.00475. The Morgan fingerprint density at radius 3 is 2.75 bits per heavy atom. The standard InChI is InChI=1S/C15H18N4O/c1-10-12(7-17-18-10)15(20)19-8-13(14(16)9-19)11-5-3-2-4-6-11/h2-7,13-14H,8-9,16H2,1H3,(H,17,18)/t13-,14+/m0/s1. The Bertz CT molecular complexity index is 607. The van der Waals surface area contributed by atoms with E-state index in [1.807, 2.05) is 30.0 Å². The molecule has 0 aliphatic carbocycles. The molecule has 1 aliphatic heterocycles. The number of nitrogens with two attached hydrogens (primary N) is 1. The molecule has 0 spiro atoms. The number of hydrogen-bond donors (Lipinski definition) is 2. The summed E-state index contributed by atoms with van der Waals surface area (Å²) in [5.74, 6) is 0.206. The largest absolute Gasteiger partial charge is 0.336 e. The summed E-state index contributed by atoms with van der Waals surface area (Å²) < 4.78 is 0. The predicted molar refractivity (Wildman–Crippen MR) is 76.4 cm³/mol. The van der Waals surface area contributed by atoms with Gasteiger partial charge in [0, 0.05) is 30.7 Å². The van der Waals surface area contributed by atoms with E-state index < -0.39 is 0 Å². The van der Waals surface area contributed by atoms with Crippen LogP contribution in [0.5, 0.6) is 0 Å². The number of carbonyl (C=O) groups is 1. The Kier molecular flexibility index (Phi) is 3.28. The van der Waals surface area contributed by atoms with E-state index in [9.17, 15) is 4.79 Å². The number of nitrogens with zero attached hydrogens (tertiary/aromatic N) is 2. The van der Waals surface area contributed by atoms with Crippen molar-refractivity contribution < 1.29 is 4.79 Å². The Balaban J connectivity index is 1.79. The van der Waals surface area contributed by atoms with E-state index in [4.69, 9.17) is 5.73 Å². The Hall–Kier alpha value is -2.14. The summed E-state index contributed by atoms with van der Waals surface area (Å²) >= 11 is 0. The van der Waals surface area contributed by atoms with Crippen LogP contribution in [-0.4, -0.2) is 40.1 Å². The van der Waals surface area contributed by atoms with Crippen LogP contribution in [0, 0.1) is 6.92 Å². The van der Waals surface area contributed by atoms with Crippen LogP contribution in [0.4, 0.5) is 0 Å². The third kappa shape index (κ3) is 2.20. The number of aromatic amines is 1. The first-order valence-electron chi connectivity index (χ1n) is 6.76. The second-order valence-electron chi connectivity index (χ2n) is 5.30. The lowest BCUT2D eigenvalue weighted by Gasteiger charge is -2.16. The maximum absolute atomic E-state index is 12.5. The molecule has 2 aromatic rings. The number of aryl methyl sites for hydroxylation is 1. The first kappa shape index (κ1) is 12.9. The van der Waals surface area contributed by atoms with Crippen LogP contribution >= 0.6 is 0 Å². The van der Waals surface area contributed by atoms with Crippen molar-refractivity contribution in [1.82, 2.24) is 15.1 Å². The number of H-pyrrole nitrogens is 1. The number of nitrogens with one attached hydrogen (secondary N) is 1. The number of aromatic nitrogens is 2. The topological polar surface area (TPSA) is 75.0 Å². The highest BCUT2D eigenvalue weighted by atomic mass is 16.2. The Labute approximate surface area is 117 Å². The van der Waals surface area contributed by atoms with Crippen molar-refractivity contribution in [2.24, 2.45) is 5.73 Å². The first-order chi connectivity index (χ1) is 9.66. The average Bonchev–Trinajstić information content (AvgIpc) is 3.05. The van der Waals surface area contributed by atoms with Gasteiger partial charge in [-0.1, -0.05) is 30.3 Å². The zero-order valence-corrected chi connectivity index (χ0v) is 11.4. The highest BCUT2D eigenvalue weighted by molar-refractivity contribution is 5.95. The molecular formula is C15H18N4O. The molecule has 20 heavy (non-hydrogen) atoms. The van der Waals surface area contributed by atoms with Gasteiger partial charge in [0.05, 0.1) is 11.8 Å². The van der Waals surface area contributed by atoms with Gasteiger partial charge in [-0.25, -0.2) is 0 Å². The molecule has 0 unspecified atom stereocenters. The maximum atomic E-state index is 12.5. The summed E-state index contributed by atoms with van der Waals surface area (Å²) in [5, 5.41) is 6.71. The van der Waals surface area contributed by atoms with Crippen molar-refractivity contribution in [2.75, 3.05) is 13.1 Å². The summed E-state index contributed by atoms with van der Waals surface area (Å²) in [5.41, 5.74) is 8.84. The molecule has 2 heterocycles. The van der Waals surface area contributed by atoms with E-state index in [1.54, 1.807) is 6.20 Å². The molecule has 104 valence electrons. The van der Waals surface area contributed by atoms with Gasteiger partial charge < -0.3 is 10.6 Å². The monoisotopic (exact) mass is 270 g/mol. The van der Waals surface area contributed by atoms with Crippen LogP contribution in [0.1, 0.15) is 27.5 Å². The van der Waals surface area contributed by atoms with E-state index in [0.717, 1.165) is 5.69 Å². The van der Waals surface area contributed by atoms with Crippen molar-refractivity contribution in [3.05, 3.63) is 53.3 Å². The quantitative estimate of drug-likeness (QED) is 0.863. The molecule has 3 rings (SSSR count). The highest BCUT2D eigenvalue weighted by Gasteiger charge is 2.34. The number of hydrogen-bond acceptors (Lipinski definition) is 3.